The molecule has 0 aliphatic heterocycles. The number of anilines is 2. The molecule has 1 aliphatic rings. The largest absolute Gasteiger partial charge is 0.373 e. The van der Waals surface area contributed by atoms with Crippen LogP contribution in [0, 0.1) is 0 Å². The molecular formula is C14H24N4. The SMILES string of the molecule is CNc1ncnc(NC2(C)CCCC2)c1C(C)C. The second-order valence-corrected chi connectivity index (χ2v) is 5.78. The van der Waals surface area contributed by atoms with Gasteiger partial charge in [0, 0.05) is 18.2 Å². The number of hydrogen-bond donors (Lipinski definition) is 2. The average molecular weight is 248 g/mol. The first-order valence-electron chi connectivity index (χ1n) is 6.86. The van der Waals surface area contributed by atoms with E-state index >= 15 is 0 Å². The maximum atomic E-state index is 4.46. The summed E-state index contributed by atoms with van der Waals surface area (Å²) in [5.41, 5.74) is 1.39. The van der Waals surface area contributed by atoms with Crippen molar-refractivity contribution in [3.63, 3.8) is 0 Å². The summed E-state index contributed by atoms with van der Waals surface area (Å²) in [6.07, 6.45) is 6.71. The quantitative estimate of drug-likeness (QED) is 0.857. The van der Waals surface area contributed by atoms with Crippen LogP contribution in [-0.4, -0.2) is 22.6 Å². The zero-order valence-electron chi connectivity index (χ0n) is 11.9. The summed E-state index contributed by atoms with van der Waals surface area (Å²) >= 11 is 0. The molecular weight excluding hydrogens is 224 g/mol. The van der Waals surface area contributed by atoms with E-state index in [1.54, 1.807) is 6.33 Å². The predicted octanol–water partition coefficient (Wildman–Crippen LogP) is 3.39. The summed E-state index contributed by atoms with van der Waals surface area (Å²) in [4.78, 5) is 8.77. The van der Waals surface area contributed by atoms with E-state index in [0.717, 1.165) is 11.6 Å². The third kappa shape index (κ3) is 2.57. The van der Waals surface area contributed by atoms with Gasteiger partial charge in [-0.1, -0.05) is 26.7 Å². The Morgan fingerprint density at radius 3 is 2.33 bits per heavy atom. The fourth-order valence-electron chi connectivity index (χ4n) is 2.81. The zero-order valence-corrected chi connectivity index (χ0v) is 11.9. The number of rotatable bonds is 4. The molecule has 1 heterocycles. The van der Waals surface area contributed by atoms with Crippen LogP contribution in [0.4, 0.5) is 11.6 Å². The highest BCUT2D eigenvalue weighted by Crippen LogP contribution is 2.35. The van der Waals surface area contributed by atoms with Gasteiger partial charge in [0.25, 0.3) is 0 Å². The standard InChI is InChI=1S/C14H24N4/c1-10(2)11-12(15-4)16-9-17-13(11)18-14(3)7-5-6-8-14/h9-10H,5-8H2,1-4H3,(H2,15,16,17,18). The van der Waals surface area contributed by atoms with Gasteiger partial charge in [-0.15, -0.1) is 0 Å². The van der Waals surface area contributed by atoms with Crippen LogP contribution in [0.3, 0.4) is 0 Å². The summed E-state index contributed by atoms with van der Waals surface area (Å²) in [6.45, 7) is 6.66. The van der Waals surface area contributed by atoms with Gasteiger partial charge in [-0.2, -0.15) is 0 Å². The van der Waals surface area contributed by atoms with Gasteiger partial charge in [0.05, 0.1) is 0 Å². The van der Waals surface area contributed by atoms with Crippen molar-refractivity contribution in [1.29, 1.82) is 0 Å². The lowest BCUT2D eigenvalue weighted by Gasteiger charge is -2.28. The fraction of sp³-hybridized carbons (Fsp3) is 0.714. The van der Waals surface area contributed by atoms with Crippen molar-refractivity contribution in [2.24, 2.45) is 0 Å². The molecule has 0 radical (unpaired) electrons. The summed E-state index contributed by atoms with van der Waals surface area (Å²) in [5, 5.41) is 6.81. The molecule has 0 amide bonds. The molecule has 1 saturated carbocycles. The lowest BCUT2D eigenvalue weighted by Crippen LogP contribution is -2.32. The molecule has 0 bridgehead atoms. The molecule has 4 heteroatoms. The Kier molecular flexibility index (Phi) is 3.73. The molecule has 2 rings (SSSR count). The van der Waals surface area contributed by atoms with Crippen LogP contribution in [0.5, 0.6) is 0 Å². The number of nitrogens with zero attached hydrogens (tertiary/aromatic N) is 2. The maximum Gasteiger partial charge on any atom is 0.135 e. The van der Waals surface area contributed by atoms with Gasteiger partial charge in [0.15, 0.2) is 0 Å². The highest BCUT2D eigenvalue weighted by atomic mass is 15.1. The van der Waals surface area contributed by atoms with Crippen molar-refractivity contribution in [3.05, 3.63) is 11.9 Å². The van der Waals surface area contributed by atoms with Crippen molar-refractivity contribution in [2.75, 3.05) is 17.7 Å². The van der Waals surface area contributed by atoms with Gasteiger partial charge < -0.3 is 10.6 Å². The highest BCUT2D eigenvalue weighted by molar-refractivity contribution is 5.59. The van der Waals surface area contributed by atoms with Crippen LogP contribution in [0.15, 0.2) is 6.33 Å². The van der Waals surface area contributed by atoms with E-state index in [0.29, 0.717) is 5.92 Å². The first-order chi connectivity index (χ1) is 8.56. The minimum absolute atomic E-state index is 0.197. The molecule has 1 aromatic heterocycles. The second-order valence-electron chi connectivity index (χ2n) is 5.78. The van der Waals surface area contributed by atoms with Gasteiger partial charge >= 0.3 is 0 Å². The number of nitrogens with one attached hydrogen (secondary N) is 2. The molecule has 4 nitrogen and oxygen atoms in total. The Hall–Kier alpha value is -1.32. The Labute approximate surface area is 110 Å². The molecule has 0 spiro atoms. The predicted molar refractivity (Wildman–Crippen MR) is 76.2 cm³/mol. The van der Waals surface area contributed by atoms with Gasteiger partial charge in [-0.25, -0.2) is 9.97 Å². The fourth-order valence-corrected chi connectivity index (χ4v) is 2.81. The van der Waals surface area contributed by atoms with E-state index in [4.69, 9.17) is 0 Å². The molecule has 1 fully saturated rings. The lowest BCUT2D eigenvalue weighted by molar-refractivity contribution is 0.529. The third-order valence-corrected chi connectivity index (χ3v) is 3.83. The maximum absolute atomic E-state index is 4.46. The summed E-state index contributed by atoms with van der Waals surface area (Å²) < 4.78 is 0. The summed E-state index contributed by atoms with van der Waals surface area (Å²) in [5.74, 6) is 2.33. The Bertz CT molecular complexity index is 408. The zero-order chi connectivity index (χ0) is 13.2. The van der Waals surface area contributed by atoms with Crippen LogP contribution in [0.25, 0.3) is 0 Å². The molecule has 1 aliphatic carbocycles. The molecule has 100 valence electrons. The molecule has 0 unspecified atom stereocenters. The lowest BCUT2D eigenvalue weighted by atomic mass is 9.98. The van der Waals surface area contributed by atoms with Crippen molar-refractivity contribution in [2.45, 2.75) is 57.9 Å². The van der Waals surface area contributed by atoms with E-state index in [-0.39, 0.29) is 5.54 Å². The van der Waals surface area contributed by atoms with E-state index in [9.17, 15) is 0 Å². The molecule has 2 N–H and O–H groups in total. The van der Waals surface area contributed by atoms with E-state index in [1.807, 2.05) is 7.05 Å². The molecule has 0 atom stereocenters. The summed E-state index contributed by atoms with van der Waals surface area (Å²) in [7, 11) is 1.91. The van der Waals surface area contributed by atoms with E-state index in [1.165, 1.54) is 31.2 Å². The first kappa shape index (κ1) is 13.1. The minimum atomic E-state index is 0.197. The molecule has 1 aromatic rings. The van der Waals surface area contributed by atoms with Crippen LogP contribution < -0.4 is 10.6 Å². The summed E-state index contributed by atoms with van der Waals surface area (Å²) in [6, 6.07) is 0. The van der Waals surface area contributed by atoms with Gasteiger partial charge in [0.1, 0.15) is 18.0 Å². The first-order valence-corrected chi connectivity index (χ1v) is 6.86. The van der Waals surface area contributed by atoms with Crippen LogP contribution in [0.2, 0.25) is 0 Å². The topological polar surface area (TPSA) is 49.8 Å². The van der Waals surface area contributed by atoms with E-state index in [2.05, 4.69) is 41.4 Å². The van der Waals surface area contributed by atoms with Crippen molar-refractivity contribution >= 4 is 11.6 Å². The Morgan fingerprint density at radius 2 is 1.78 bits per heavy atom. The van der Waals surface area contributed by atoms with Crippen molar-refractivity contribution in [3.8, 4) is 0 Å². The molecule has 0 aromatic carbocycles. The van der Waals surface area contributed by atoms with Crippen LogP contribution in [-0.2, 0) is 0 Å². The average Bonchev–Trinajstić information content (AvgIpc) is 2.75. The number of hydrogen-bond acceptors (Lipinski definition) is 4. The molecule has 0 saturated heterocycles. The highest BCUT2D eigenvalue weighted by Gasteiger charge is 2.30. The third-order valence-electron chi connectivity index (χ3n) is 3.83. The van der Waals surface area contributed by atoms with Gasteiger partial charge in [-0.05, 0) is 25.7 Å². The molecule has 18 heavy (non-hydrogen) atoms. The van der Waals surface area contributed by atoms with Crippen LogP contribution >= 0.6 is 0 Å². The van der Waals surface area contributed by atoms with E-state index < -0.39 is 0 Å². The smallest absolute Gasteiger partial charge is 0.135 e. The Morgan fingerprint density at radius 1 is 1.17 bits per heavy atom. The van der Waals surface area contributed by atoms with Gasteiger partial charge in [-0.3, -0.25) is 0 Å². The minimum Gasteiger partial charge on any atom is -0.373 e. The van der Waals surface area contributed by atoms with Crippen molar-refractivity contribution in [1.82, 2.24) is 9.97 Å². The normalized spacial score (nSPS) is 18.1. The van der Waals surface area contributed by atoms with Crippen molar-refractivity contribution < 1.29 is 0 Å². The Balaban J connectivity index is 2.32. The monoisotopic (exact) mass is 248 g/mol. The number of aromatic nitrogens is 2. The van der Waals surface area contributed by atoms with Gasteiger partial charge in [0.2, 0.25) is 0 Å². The second kappa shape index (κ2) is 5.12. The van der Waals surface area contributed by atoms with Crippen LogP contribution in [0.1, 0.15) is 57.9 Å².